The maximum atomic E-state index is 11.4. The molecule has 0 unspecified atom stereocenters. The minimum atomic E-state index is -0.855. The number of hydrogen-bond acceptors (Lipinski definition) is 5. The van der Waals surface area contributed by atoms with Gasteiger partial charge in [0.25, 0.3) is 5.78 Å². The molecule has 2 aliphatic rings. The van der Waals surface area contributed by atoms with E-state index in [9.17, 15) is 9.59 Å². The summed E-state index contributed by atoms with van der Waals surface area (Å²) in [6.45, 7) is 0. The summed E-state index contributed by atoms with van der Waals surface area (Å²) < 4.78 is 9.90. The highest BCUT2D eigenvalue weighted by Gasteiger charge is 2.34. The third-order valence-corrected chi connectivity index (χ3v) is 2.39. The molecule has 17 heavy (non-hydrogen) atoms. The van der Waals surface area contributed by atoms with Crippen LogP contribution in [-0.4, -0.2) is 11.8 Å². The van der Waals surface area contributed by atoms with Gasteiger partial charge in [-0.05, 0) is 24.3 Å². The van der Waals surface area contributed by atoms with Crippen molar-refractivity contribution >= 4 is 17.8 Å². The smallest absolute Gasteiger partial charge is 0.386 e. The van der Waals surface area contributed by atoms with Crippen molar-refractivity contribution < 1.29 is 18.7 Å². The maximum Gasteiger partial charge on any atom is 0.386 e. The van der Waals surface area contributed by atoms with Crippen LogP contribution in [0, 0.1) is 0 Å². The quantitative estimate of drug-likeness (QED) is 0.577. The third-order valence-electron chi connectivity index (χ3n) is 2.39. The Hall–Kier alpha value is -2.56. The van der Waals surface area contributed by atoms with Crippen LogP contribution in [0.3, 0.4) is 0 Å². The Labute approximate surface area is 96.1 Å². The van der Waals surface area contributed by atoms with E-state index in [0.29, 0.717) is 11.5 Å². The van der Waals surface area contributed by atoms with Crippen molar-refractivity contribution in [2.24, 2.45) is 0 Å². The monoisotopic (exact) mass is 229 g/mol. The molecule has 5 heteroatoms. The highest BCUT2D eigenvalue weighted by molar-refractivity contribution is 6.42. The molecule has 84 valence electrons. The van der Waals surface area contributed by atoms with Crippen molar-refractivity contribution in [3.8, 4) is 0 Å². The summed E-state index contributed by atoms with van der Waals surface area (Å²) in [6.07, 6.45) is 6.55. The van der Waals surface area contributed by atoms with Gasteiger partial charge in [0.1, 0.15) is 11.5 Å². The molecule has 2 aliphatic heterocycles. The third kappa shape index (κ3) is 1.57. The first-order chi connectivity index (χ1) is 8.24. The molecule has 0 radical (unpaired) electrons. The molecule has 0 spiro atoms. The van der Waals surface area contributed by atoms with E-state index in [1.165, 1.54) is 0 Å². The summed E-state index contributed by atoms with van der Waals surface area (Å²) in [5.74, 6) is -0.600. The average molecular weight is 229 g/mol. The number of carbonyl (C=O) groups excluding carboxylic acids is 2. The first kappa shape index (κ1) is 9.65. The van der Waals surface area contributed by atoms with E-state index < -0.39 is 11.8 Å². The van der Waals surface area contributed by atoms with Crippen LogP contribution in [0.25, 0.3) is 6.08 Å². The van der Waals surface area contributed by atoms with Crippen LogP contribution in [0.1, 0.15) is 5.76 Å². The number of rotatable bonds is 1. The van der Waals surface area contributed by atoms with Crippen LogP contribution in [0.15, 0.2) is 52.1 Å². The number of carbonyl (C=O) groups is 2. The van der Waals surface area contributed by atoms with Gasteiger partial charge in [0.2, 0.25) is 0 Å². The summed E-state index contributed by atoms with van der Waals surface area (Å²) in [5, 5.41) is 2.83. The lowest BCUT2D eigenvalue weighted by Gasteiger charge is -2.10. The molecule has 0 aliphatic carbocycles. The van der Waals surface area contributed by atoms with Gasteiger partial charge in [-0.15, -0.1) is 0 Å². The summed E-state index contributed by atoms with van der Waals surface area (Å²) >= 11 is 0. The summed E-state index contributed by atoms with van der Waals surface area (Å²) in [7, 11) is 0. The SMILES string of the molecule is O=C1OC2=C(NC(=Cc3ccco3)C=C2)C1=O. The van der Waals surface area contributed by atoms with Gasteiger partial charge < -0.3 is 14.5 Å². The fraction of sp³-hybridized carbons (Fsp3) is 0. The molecule has 0 fully saturated rings. The highest BCUT2D eigenvalue weighted by Crippen LogP contribution is 2.23. The number of ether oxygens (including phenoxy) is 1. The highest BCUT2D eigenvalue weighted by atomic mass is 16.5. The molecule has 3 rings (SSSR count). The van der Waals surface area contributed by atoms with Gasteiger partial charge >= 0.3 is 5.97 Å². The Morgan fingerprint density at radius 1 is 1.24 bits per heavy atom. The topological polar surface area (TPSA) is 68.5 Å². The van der Waals surface area contributed by atoms with E-state index in [1.54, 1.807) is 36.6 Å². The van der Waals surface area contributed by atoms with Gasteiger partial charge in [0.05, 0.1) is 6.26 Å². The number of dihydropyridines is 1. The van der Waals surface area contributed by atoms with E-state index in [2.05, 4.69) is 5.32 Å². The summed E-state index contributed by atoms with van der Waals surface area (Å²) in [5.41, 5.74) is 0.834. The number of esters is 1. The molecule has 1 N–H and O–H groups in total. The van der Waals surface area contributed by atoms with E-state index in [4.69, 9.17) is 9.15 Å². The molecule has 0 bridgehead atoms. The number of hydrogen-bond donors (Lipinski definition) is 1. The fourth-order valence-corrected chi connectivity index (χ4v) is 1.61. The predicted molar refractivity (Wildman–Crippen MR) is 57.1 cm³/mol. The van der Waals surface area contributed by atoms with Crippen molar-refractivity contribution in [1.82, 2.24) is 5.32 Å². The van der Waals surface area contributed by atoms with Crippen LogP contribution in [0.2, 0.25) is 0 Å². The first-order valence-corrected chi connectivity index (χ1v) is 4.95. The van der Waals surface area contributed by atoms with Gasteiger partial charge in [-0.1, -0.05) is 0 Å². The van der Waals surface area contributed by atoms with E-state index >= 15 is 0 Å². The molecule has 0 saturated heterocycles. The van der Waals surface area contributed by atoms with Crippen LogP contribution < -0.4 is 5.32 Å². The zero-order chi connectivity index (χ0) is 11.8. The van der Waals surface area contributed by atoms with Gasteiger partial charge in [-0.2, -0.15) is 0 Å². The van der Waals surface area contributed by atoms with Crippen molar-refractivity contribution in [2.45, 2.75) is 0 Å². The Kier molecular flexibility index (Phi) is 1.98. The predicted octanol–water partition coefficient (Wildman–Crippen LogP) is 1.12. The van der Waals surface area contributed by atoms with Crippen molar-refractivity contribution in [3.05, 3.63) is 53.5 Å². The lowest BCUT2D eigenvalue weighted by molar-refractivity contribution is -0.146. The number of allylic oxidation sites excluding steroid dienone is 2. The molecule has 0 atom stereocenters. The van der Waals surface area contributed by atoms with Gasteiger partial charge in [0, 0.05) is 11.8 Å². The van der Waals surface area contributed by atoms with E-state index in [1.807, 2.05) is 0 Å². The Bertz CT molecular complexity index is 590. The minimum absolute atomic E-state index is 0.176. The van der Waals surface area contributed by atoms with Crippen LogP contribution in [0.4, 0.5) is 0 Å². The van der Waals surface area contributed by atoms with Crippen molar-refractivity contribution in [1.29, 1.82) is 0 Å². The van der Waals surface area contributed by atoms with Gasteiger partial charge in [0.15, 0.2) is 5.76 Å². The largest absolute Gasteiger partial charge is 0.465 e. The molecule has 5 nitrogen and oxygen atoms in total. The fourth-order valence-electron chi connectivity index (χ4n) is 1.61. The molecular weight excluding hydrogens is 222 g/mol. The standard InChI is InChI=1S/C12H7NO4/c14-11-10-9(17-12(11)15)4-3-7(13-10)6-8-2-1-5-16-8/h1-6,13H. The summed E-state index contributed by atoms with van der Waals surface area (Å²) in [4.78, 5) is 22.4. The summed E-state index contributed by atoms with van der Waals surface area (Å²) in [6, 6.07) is 3.54. The number of furan rings is 1. The zero-order valence-corrected chi connectivity index (χ0v) is 8.60. The average Bonchev–Trinajstić information content (AvgIpc) is 2.91. The lowest BCUT2D eigenvalue weighted by atomic mass is 10.2. The molecule has 0 saturated carbocycles. The normalized spacial score (nSPS) is 20.6. The molecule has 1 aromatic heterocycles. The maximum absolute atomic E-state index is 11.4. The molecular formula is C12H7NO4. The second kappa shape index (κ2) is 3.48. The van der Waals surface area contributed by atoms with Crippen LogP contribution >= 0.6 is 0 Å². The molecule has 3 heterocycles. The lowest BCUT2D eigenvalue weighted by Crippen LogP contribution is -2.22. The number of nitrogens with one attached hydrogen (secondary N) is 1. The number of Topliss-reactive ketones (excluding diaryl/α,β-unsaturated/α-hetero) is 1. The van der Waals surface area contributed by atoms with Crippen LogP contribution in [-0.2, 0) is 14.3 Å². The second-order valence-corrected chi connectivity index (χ2v) is 3.53. The van der Waals surface area contributed by atoms with Crippen molar-refractivity contribution in [2.75, 3.05) is 0 Å². The van der Waals surface area contributed by atoms with Crippen LogP contribution in [0.5, 0.6) is 0 Å². The van der Waals surface area contributed by atoms with E-state index in [0.717, 1.165) is 0 Å². The van der Waals surface area contributed by atoms with Gasteiger partial charge in [-0.25, -0.2) is 4.79 Å². The molecule has 0 aromatic carbocycles. The number of ketones is 1. The minimum Gasteiger partial charge on any atom is -0.465 e. The van der Waals surface area contributed by atoms with Crippen molar-refractivity contribution in [3.63, 3.8) is 0 Å². The Morgan fingerprint density at radius 2 is 2.12 bits per heavy atom. The van der Waals surface area contributed by atoms with Gasteiger partial charge in [-0.3, -0.25) is 4.79 Å². The first-order valence-electron chi connectivity index (χ1n) is 4.95. The second-order valence-electron chi connectivity index (χ2n) is 3.53. The Morgan fingerprint density at radius 3 is 2.88 bits per heavy atom. The molecule has 1 aromatic rings. The zero-order valence-electron chi connectivity index (χ0n) is 8.60. The molecule has 0 amide bonds. The Balaban J connectivity index is 1.90. The van der Waals surface area contributed by atoms with E-state index in [-0.39, 0.29) is 11.5 Å².